The summed E-state index contributed by atoms with van der Waals surface area (Å²) in [4.78, 5) is 14.9. The summed E-state index contributed by atoms with van der Waals surface area (Å²) in [6.45, 7) is 5.12. The third-order valence-corrected chi connectivity index (χ3v) is 6.03. The highest BCUT2D eigenvalue weighted by molar-refractivity contribution is 5.52. The van der Waals surface area contributed by atoms with Crippen LogP contribution in [0, 0.1) is 11.3 Å². The quantitative estimate of drug-likeness (QED) is 0.840. The van der Waals surface area contributed by atoms with Crippen molar-refractivity contribution in [2.75, 3.05) is 31.1 Å². The van der Waals surface area contributed by atoms with Gasteiger partial charge >= 0.3 is 0 Å². The minimum atomic E-state index is 0.618. The number of aromatic nitrogens is 2. The van der Waals surface area contributed by atoms with Crippen molar-refractivity contribution in [3.8, 4) is 6.07 Å². The number of nitrogens with zero attached hydrogens (tertiary/aromatic N) is 5. The first-order valence-corrected chi connectivity index (χ1v) is 10.2. The largest absolute Gasteiger partial charge is 0.354 e. The first kappa shape index (κ1) is 16.7. The summed E-state index contributed by atoms with van der Waals surface area (Å²) < 4.78 is 0. The van der Waals surface area contributed by atoms with Crippen LogP contribution in [-0.2, 0) is 19.4 Å². The lowest BCUT2D eigenvalue weighted by atomic mass is 10.1. The highest BCUT2D eigenvalue weighted by Gasteiger charge is 2.31. The lowest BCUT2D eigenvalue weighted by molar-refractivity contribution is 0.249. The van der Waals surface area contributed by atoms with Crippen molar-refractivity contribution < 1.29 is 0 Å². The lowest BCUT2D eigenvalue weighted by Gasteiger charge is -2.36. The zero-order valence-electron chi connectivity index (χ0n) is 15.7. The summed E-state index contributed by atoms with van der Waals surface area (Å²) in [6, 6.07) is 10.2. The molecule has 5 rings (SSSR count). The smallest absolute Gasteiger partial charge is 0.135 e. The molecule has 2 aromatic rings. The summed E-state index contributed by atoms with van der Waals surface area (Å²) in [6.07, 6.45) is 6.02. The molecule has 1 aliphatic heterocycles. The number of piperazine rings is 1. The van der Waals surface area contributed by atoms with Crippen LogP contribution in [0.15, 0.2) is 24.3 Å². The van der Waals surface area contributed by atoms with Crippen LogP contribution >= 0.6 is 0 Å². The van der Waals surface area contributed by atoms with Crippen molar-refractivity contribution in [1.82, 2.24) is 14.9 Å². The molecule has 1 saturated heterocycles. The van der Waals surface area contributed by atoms with Crippen molar-refractivity contribution in [2.45, 2.75) is 44.6 Å². The van der Waals surface area contributed by atoms with Gasteiger partial charge in [-0.15, -0.1) is 0 Å². The Labute approximate surface area is 160 Å². The molecule has 138 valence electrons. The van der Waals surface area contributed by atoms with Crippen LogP contribution in [0.1, 0.15) is 53.4 Å². The molecule has 0 spiro atoms. The Bertz CT molecular complexity index is 871. The molecule has 2 fully saturated rings. The molecule has 3 aliphatic rings. The first-order chi connectivity index (χ1) is 13.3. The third kappa shape index (κ3) is 3.42. The SMILES string of the molecule is N#Cc1ccc(CN2CCN(c3nc(C4CC4)nc4c3CCC4)CC2)cc1. The van der Waals surface area contributed by atoms with Gasteiger partial charge in [0.25, 0.3) is 0 Å². The zero-order chi connectivity index (χ0) is 18.2. The molecule has 0 radical (unpaired) electrons. The van der Waals surface area contributed by atoms with Crippen LogP contribution in [-0.4, -0.2) is 41.0 Å². The second-order valence-electron chi connectivity index (χ2n) is 8.03. The molecule has 5 nitrogen and oxygen atoms in total. The van der Waals surface area contributed by atoms with E-state index in [0.717, 1.165) is 57.0 Å². The van der Waals surface area contributed by atoms with E-state index in [4.69, 9.17) is 15.2 Å². The van der Waals surface area contributed by atoms with Gasteiger partial charge < -0.3 is 4.90 Å². The third-order valence-electron chi connectivity index (χ3n) is 6.03. The summed E-state index contributed by atoms with van der Waals surface area (Å²) in [7, 11) is 0. The lowest BCUT2D eigenvalue weighted by Crippen LogP contribution is -2.46. The van der Waals surface area contributed by atoms with E-state index in [9.17, 15) is 0 Å². The molecule has 1 saturated carbocycles. The van der Waals surface area contributed by atoms with E-state index >= 15 is 0 Å². The molecule has 1 aromatic heterocycles. The number of aryl methyl sites for hydroxylation is 1. The number of hydrogen-bond donors (Lipinski definition) is 0. The Morgan fingerprint density at radius 1 is 1.00 bits per heavy atom. The van der Waals surface area contributed by atoms with Gasteiger partial charge in [-0.1, -0.05) is 12.1 Å². The van der Waals surface area contributed by atoms with Gasteiger partial charge in [0.1, 0.15) is 11.6 Å². The summed E-state index contributed by atoms with van der Waals surface area (Å²) in [5, 5.41) is 8.94. The zero-order valence-corrected chi connectivity index (χ0v) is 15.7. The normalized spacial score (nSPS) is 19.7. The second kappa shape index (κ2) is 6.94. The fourth-order valence-electron chi connectivity index (χ4n) is 4.28. The van der Waals surface area contributed by atoms with Gasteiger partial charge in [0, 0.05) is 49.9 Å². The second-order valence-corrected chi connectivity index (χ2v) is 8.03. The molecule has 2 aliphatic carbocycles. The monoisotopic (exact) mass is 359 g/mol. The molecular formula is C22H25N5. The molecule has 0 amide bonds. The van der Waals surface area contributed by atoms with Crippen molar-refractivity contribution in [3.63, 3.8) is 0 Å². The predicted molar refractivity (Wildman–Crippen MR) is 105 cm³/mol. The highest BCUT2D eigenvalue weighted by Crippen LogP contribution is 2.40. The van der Waals surface area contributed by atoms with Crippen LogP contribution < -0.4 is 4.90 Å². The Balaban J connectivity index is 1.27. The minimum Gasteiger partial charge on any atom is -0.354 e. The molecule has 0 unspecified atom stereocenters. The standard InChI is InChI=1S/C22H25N5/c23-14-16-4-6-17(7-5-16)15-26-10-12-27(13-11-26)22-19-2-1-3-20(19)24-21(25-22)18-8-9-18/h4-7,18H,1-3,8-13,15H2. The van der Waals surface area contributed by atoms with E-state index in [1.54, 1.807) is 0 Å². The van der Waals surface area contributed by atoms with Gasteiger partial charge in [0.15, 0.2) is 0 Å². The number of anilines is 1. The molecule has 5 heteroatoms. The van der Waals surface area contributed by atoms with Crippen molar-refractivity contribution >= 4 is 5.82 Å². The van der Waals surface area contributed by atoms with E-state index in [0.29, 0.717) is 5.92 Å². The summed E-state index contributed by atoms with van der Waals surface area (Å²) in [5.74, 6) is 2.95. The van der Waals surface area contributed by atoms with Crippen molar-refractivity contribution in [3.05, 3.63) is 52.5 Å². The molecule has 2 heterocycles. The molecule has 27 heavy (non-hydrogen) atoms. The van der Waals surface area contributed by atoms with Crippen molar-refractivity contribution in [2.24, 2.45) is 0 Å². The Morgan fingerprint density at radius 2 is 1.78 bits per heavy atom. The van der Waals surface area contributed by atoms with Crippen LogP contribution in [0.5, 0.6) is 0 Å². The Kier molecular flexibility index (Phi) is 4.29. The van der Waals surface area contributed by atoms with Gasteiger partial charge in [-0.3, -0.25) is 4.90 Å². The maximum atomic E-state index is 8.94. The molecule has 0 bridgehead atoms. The molecular weight excluding hydrogens is 334 g/mol. The number of nitriles is 1. The minimum absolute atomic E-state index is 0.618. The van der Waals surface area contributed by atoms with Crippen LogP contribution in [0.4, 0.5) is 5.82 Å². The fraction of sp³-hybridized carbons (Fsp3) is 0.500. The van der Waals surface area contributed by atoms with Gasteiger partial charge in [-0.25, -0.2) is 9.97 Å². The van der Waals surface area contributed by atoms with E-state index < -0.39 is 0 Å². The topological polar surface area (TPSA) is 56.1 Å². The summed E-state index contributed by atoms with van der Waals surface area (Å²) >= 11 is 0. The molecule has 1 aromatic carbocycles. The number of benzene rings is 1. The van der Waals surface area contributed by atoms with E-state index in [1.807, 2.05) is 12.1 Å². The average Bonchev–Trinajstić information content (AvgIpc) is 3.46. The van der Waals surface area contributed by atoms with E-state index in [1.165, 1.54) is 41.9 Å². The van der Waals surface area contributed by atoms with E-state index in [2.05, 4.69) is 28.0 Å². The number of hydrogen-bond acceptors (Lipinski definition) is 5. The Morgan fingerprint density at radius 3 is 2.48 bits per heavy atom. The van der Waals surface area contributed by atoms with Gasteiger partial charge in [0.05, 0.1) is 11.6 Å². The van der Waals surface area contributed by atoms with Gasteiger partial charge in [0.2, 0.25) is 0 Å². The number of fused-ring (bicyclic) bond motifs is 1. The number of rotatable bonds is 4. The highest BCUT2D eigenvalue weighted by atomic mass is 15.3. The molecule has 0 atom stereocenters. The first-order valence-electron chi connectivity index (χ1n) is 10.2. The van der Waals surface area contributed by atoms with Crippen molar-refractivity contribution in [1.29, 1.82) is 5.26 Å². The maximum Gasteiger partial charge on any atom is 0.135 e. The van der Waals surface area contributed by atoms with Gasteiger partial charge in [-0.05, 0) is 49.8 Å². The average molecular weight is 359 g/mol. The maximum absolute atomic E-state index is 8.94. The summed E-state index contributed by atoms with van der Waals surface area (Å²) in [5.41, 5.74) is 4.75. The Hall–Kier alpha value is -2.45. The van der Waals surface area contributed by atoms with Crippen LogP contribution in [0.2, 0.25) is 0 Å². The van der Waals surface area contributed by atoms with E-state index in [-0.39, 0.29) is 0 Å². The van der Waals surface area contributed by atoms with Crippen LogP contribution in [0.25, 0.3) is 0 Å². The fourth-order valence-corrected chi connectivity index (χ4v) is 4.28. The molecule has 0 N–H and O–H groups in total. The van der Waals surface area contributed by atoms with Crippen LogP contribution in [0.3, 0.4) is 0 Å². The van der Waals surface area contributed by atoms with Gasteiger partial charge in [-0.2, -0.15) is 5.26 Å². The predicted octanol–water partition coefficient (Wildman–Crippen LogP) is 3.04.